The van der Waals surface area contributed by atoms with Crippen molar-refractivity contribution in [3.63, 3.8) is 0 Å². The lowest BCUT2D eigenvalue weighted by atomic mass is 10.1. The number of carbonyl (C=O) groups excluding carboxylic acids is 2. The molecular weight excluding hydrogens is 386 g/mol. The van der Waals surface area contributed by atoms with Gasteiger partial charge in [-0.3, -0.25) is 9.59 Å². The first-order valence-electron chi connectivity index (χ1n) is 9.18. The van der Waals surface area contributed by atoms with Gasteiger partial charge >= 0.3 is 6.61 Å². The van der Waals surface area contributed by atoms with E-state index >= 15 is 0 Å². The van der Waals surface area contributed by atoms with Crippen molar-refractivity contribution in [3.8, 4) is 5.75 Å². The Bertz CT molecular complexity index is 790. The van der Waals surface area contributed by atoms with Crippen LogP contribution >= 0.6 is 11.3 Å². The van der Waals surface area contributed by atoms with E-state index < -0.39 is 6.61 Å². The van der Waals surface area contributed by atoms with Crippen LogP contribution in [0.3, 0.4) is 0 Å². The lowest BCUT2D eigenvalue weighted by molar-refractivity contribution is -0.132. The van der Waals surface area contributed by atoms with Gasteiger partial charge in [0.1, 0.15) is 10.6 Å². The van der Waals surface area contributed by atoms with E-state index in [1.165, 1.54) is 11.6 Å². The predicted octanol–water partition coefficient (Wildman–Crippen LogP) is 3.66. The number of hydrogen-bond acceptors (Lipinski definition) is 4. The molecule has 1 aliphatic heterocycles. The summed E-state index contributed by atoms with van der Waals surface area (Å²) in [7, 11) is 0. The maximum absolute atomic E-state index is 12.6. The van der Waals surface area contributed by atoms with Crippen LogP contribution in [0.25, 0.3) is 0 Å². The fraction of sp³-hybridized carbons (Fsp3) is 0.400. The first-order valence-corrected chi connectivity index (χ1v) is 10.1. The third-order valence-corrected chi connectivity index (χ3v) is 5.54. The topological polar surface area (TPSA) is 49.9 Å². The molecule has 1 fully saturated rings. The lowest BCUT2D eigenvalue weighted by Gasteiger charge is -2.34. The second kappa shape index (κ2) is 9.64. The van der Waals surface area contributed by atoms with Crippen molar-refractivity contribution in [2.45, 2.75) is 25.9 Å². The molecule has 0 radical (unpaired) electrons. The van der Waals surface area contributed by atoms with Crippen LogP contribution in [0.5, 0.6) is 5.75 Å². The van der Waals surface area contributed by atoms with Crippen molar-refractivity contribution >= 4 is 23.2 Å². The Morgan fingerprint density at radius 3 is 2.39 bits per heavy atom. The SMILES string of the molecule is O=C(CCCc1ccccc1)N1CCN(C(=O)c2sccc2OC(F)F)CC1. The summed E-state index contributed by atoms with van der Waals surface area (Å²) in [5.41, 5.74) is 1.21. The van der Waals surface area contributed by atoms with E-state index in [1.54, 1.807) is 15.2 Å². The van der Waals surface area contributed by atoms with E-state index in [0.717, 1.165) is 24.2 Å². The Morgan fingerprint density at radius 2 is 1.71 bits per heavy atom. The van der Waals surface area contributed by atoms with E-state index in [-0.39, 0.29) is 22.4 Å². The third-order valence-electron chi connectivity index (χ3n) is 4.66. The molecular formula is C20H22F2N2O3S. The van der Waals surface area contributed by atoms with Gasteiger partial charge in [-0.2, -0.15) is 8.78 Å². The molecule has 2 amide bonds. The van der Waals surface area contributed by atoms with Crippen LogP contribution in [-0.2, 0) is 11.2 Å². The predicted molar refractivity (Wildman–Crippen MR) is 103 cm³/mol. The van der Waals surface area contributed by atoms with Gasteiger partial charge in [0.15, 0.2) is 0 Å². The third kappa shape index (κ3) is 5.28. The highest BCUT2D eigenvalue weighted by Gasteiger charge is 2.27. The molecule has 0 N–H and O–H groups in total. The minimum atomic E-state index is -2.97. The number of piperazine rings is 1. The normalized spacial score (nSPS) is 14.4. The van der Waals surface area contributed by atoms with Crippen LogP contribution < -0.4 is 4.74 Å². The summed E-state index contributed by atoms with van der Waals surface area (Å²) in [6, 6.07) is 11.4. The molecule has 1 aliphatic rings. The molecule has 0 atom stereocenters. The monoisotopic (exact) mass is 408 g/mol. The second-order valence-corrected chi connectivity index (χ2v) is 7.42. The minimum Gasteiger partial charge on any atom is -0.433 e. The number of nitrogens with zero attached hydrogens (tertiary/aromatic N) is 2. The number of ether oxygens (including phenoxy) is 1. The molecule has 0 bridgehead atoms. The number of alkyl halides is 2. The molecule has 2 heterocycles. The number of thiophene rings is 1. The van der Waals surface area contributed by atoms with E-state index in [0.29, 0.717) is 32.6 Å². The minimum absolute atomic E-state index is 0.0841. The average molecular weight is 408 g/mol. The summed E-state index contributed by atoms with van der Waals surface area (Å²) in [4.78, 5) is 28.5. The smallest absolute Gasteiger partial charge is 0.387 e. The van der Waals surface area contributed by atoms with Crippen LogP contribution in [0.2, 0.25) is 0 Å². The zero-order valence-corrected chi connectivity index (χ0v) is 16.2. The molecule has 0 aliphatic carbocycles. The van der Waals surface area contributed by atoms with Gasteiger partial charge in [-0.1, -0.05) is 30.3 Å². The van der Waals surface area contributed by atoms with E-state index in [4.69, 9.17) is 0 Å². The van der Waals surface area contributed by atoms with Gasteiger partial charge in [0.05, 0.1) is 0 Å². The summed E-state index contributed by atoms with van der Waals surface area (Å²) < 4.78 is 29.3. The zero-order valence-electron chi connectivity index (χ0n) is 15.4. The first-order chi connectivity index (χ1) is 13.5. The molecule has 150 valence electrons. The van der Waals surface area contributed by atoms with Gasteiger partial charge < -0.3 is 14.5 Å². The number of carbonyl (C=O) groups is 2. The molecule has 2 aromatic rings. The maximum atomic E-state index is 12.6. The first kappa shape index (κ1) is 20.3. The van der Waals surface area contributed by atoms with Crippen molar-refractivity contribution in [1.82, 2.24) is 9.80 Å². The Balaban J connectivity index is 1.45. The average Bonchev–Trinajstić information content (AvgIpc) is 3.15. The highest BCUT2D eigenvalue weighted by molar-refractivity contribution is 7.12. The zero-order chi connectivity index (χ0) is 19.9. The van der Waals surface area contributed by atoms with Gasteiger partial charge in [0, 0.05) is 32.6 Å². The van der Waals surface area contributed by atoms with Crippen LogP contribution in [0.15, 0.2) is 41.8 Å². The number of rotatable bonds is 7. The number of aryl methyl sites for hydroxylation is 1. The van der Waals surface area contributed by atoms with Gasteiger partial charge in [-0.15, -0.1) is 11.3 Å². The molecule has 0 unspecified atom stereocenters. The Labute approximate surface area is 166 Å². The van der Waals surface area contributed by atoms with E-state index in [9.17, 15) is 18.4 Å². The number of amides is 2. The standard InChI is InChI=1S/C20H22F2N2O3S/c21-20(22)27-16-9-14-28-18(16)19(26)24-12-10-23(11-13-24)17(25)8-4-7-15-5-2-1-3-6-15/h1-3,5-6,9,14,20H,4,7-8,10-13H2. The highest BCUT2D eigenvalue weighted by Crippen LogP contribution is 2.28. The fourth-order valence-electron chi connectivity index (χ4n) is 3.19. The summed E-state index contributed by atoms with van der Waals surface area (Å²) >= 11 is 1.08. The summed E-state index contributed by atoms with van der Waals surface area (Å²) in [5.74, 6) is -0.341. The van der Waals surface area contributed by atoms with Crippen LogP contribution in [-0.4, -0.2) is 54.4 Å². The molecule has 28 heavy (non-hydrogen) atoms. The molecule has 5 nitrogen and oxygen atoms in total. The Hall–Kier alpha value is -2.48. The summed E-state index contributed by atoms with van der Waals surface area (Å²) in [6.07, 6.45) is 2.11. The Morgan fingerprint density at radius 1 is 1.04 bits per heavy atom. The quantitative estimate of drug-likeness (QED) is 0.703. The van der Waals surface area contributed by atoms with Gasteiger partial charge in [0.2, 0.25) is 5.91 Å². The van der Waals surface area contributed by atoms with Gasteiger partial charge in [-0.25, -0.2) is 0 Å². The van der Waals surface area contributed by atoms with Crippen molar-refractivity contribution in [2.75, 3.05) is 26.2 Å². The Kier molecular flexibility index (Phi) is 6.97. The van der Waals surface area contributed by atoms with Crippen molar-refractivity contribution < 1.29 is 23.1 Å². The van der Waals surface area contributed by atoms with Crippen LogP contribution in [0.1, 0.15) is 28.1 Å². The van der Waals surface area contributed by atoms with Crippen molar-refractivity contribution in [2.24, 2.45) is 0 Å². The number of halogens is 2. The van der Waals surface area contributed by atoms with Gasteiger partial charge in [-0.05, 0) is 29.9 Å². The number of benzene rings is 1. The largest absolute Gasteiger partial charge is 0.433 e. The van der Waals surface area contributed by atoms with Crippen LogP contribution in [0.4, 0.5) is 8.78 Å². The van der Waals surface area contributed by atoms with E-state index in [1.807, 2.05) is 30.3 Å². The molecule has 0 spiro atoms. The molecule has 3 rings (SSSR count). The maximum Gasteiger partial charge on any atom is 0.387 e. The van der Waals surface area contributed by atoms with Crippen molar-refractivity contribution in [3.05, 3.63) is 52.2 Å². The molecule has 8 heteroatoms. The fourth-order valence-corrected chi connectivity index (χ4v) is 3.98. The molecule has 1 aromatic heterocycles. The molecule has 1 aromatic carbocycles. The van der Waals surface area contributed by atoms with Crippen LogP contribution in [0, 0.1) is 0 Å². The highest BCUT2D eigenvalue weighted by atomic mass is 32.1. The van der Waals surface area contributed by atoms with Gasteiger partial charge in [0.25, 0.3) is 5.91 Å². The van der Waals surface area contributed by atoms with E-state index in [2.05, 4.69) is 4.74 Å². The number of hydrogen-bond donors (Lipinski definition) is 0. The molecule has 1 saturated heterocycles. The summed E-state index contributed by atoms with van der Waals surface area (Å²) in [6.45, 7) is -1.30. The van der Waals surface area contributed by atoms with Crippen molar-refractivity contribution in [1.29, 1.82) is 0 Å². The molecule has 0 saturated carbocycles. The summed E-state index contributed by atoms with van der Waals surface area (Å²) in [5, 5.41) is 1.55. The lowest BCUT2D eigenvalue weighted by Crippen LogP contribution is -2.50. The second-order valence-electron chi connectivity index (χ2n) is 6.50.